The number of aliphatic hydroxyl groups excluding tert-OH is 1. The van der Waals surface area contributed by atoms with Crippen molar-refractivity contribution >= 4 is 0 Å². The lowest BCUT2D eigenvalue weighted by Gasteiger charge is -2.13. The highest BCUT2D eigenvalue weighted by atomic mass is 16.5. The van der Waals surface area contributed by atoms with Crippen molar-refractivity contribution in [3.8, 4) is 23.0 Å². The van der Waals surface area contributed by atoms with Crippen LogP contribution in [0.2, 0.25) is 0 Å². The number of phenols is 3. The number of ether oxygens (including phenoxy) is 1. The number of hydrogen-bond acceptors (Lipinski definition) is 5. The van der Waals surface area contributed by atoms with Gasteiger partial charge in [-0.1, -0.05) is 6.07 Å². The zero-order chi connectivity index (χ0) is 14.7. The van der Waals surface area contributed by atoms with Gasteiger partial charge in [-0.15, -0.1) is 0 Å². The van der Waals surface area contributed by atoms with Crippen molar-refractivity contribution in [1.82, 2.24) is 0 Å². The summed E-state index contributed by atoms with van der Waals surface area (Å²) in [6.07, 6.45) is -0.623. The van der Waals surface area contributed by atoms with Gasteiger partial charge < -0.3 is 25.2 Å². The lowest BCUT2D eigenvalue weighted by atomic mass is 10.0. The van der Waals surface area contributed by atoms with Crippen LogP contribution in [0.4, 0.5) is 0 Å². The van der Waals surface area contributed by atoms with Gasteiger partial charge in [-0.05, 0) is 35.4 Å². The van der Waals surface area contributed by atoms with Crippen LogP contribution in [0, 0.1) is 0 Å². The summed E-state index contributed by atoms with van der Waals surface area (Å²) in [6, 6.07) is 8.76. The molecule has 5 heteroatoms. The highest BCUT2D eigenvalue weighted by Crippen LogP contribution is 2.30. The molecular weight excluding hydrogens is 260 g/mol. The Kier molecular flexibility index (Phi) is 4.00. The van der Waals surface area contributed by atoms with E-state index >= 15 is 0 Å². The van der Waals surface area contributed by atoms with Gasteiger partial charge in [0.05, 0.1) is 13.2 Å². The van der Waals surface area contributed by atoms with Crippen LogP contribution < -0.4 is 4.74 Å². The molecule has 20 heavy (non-hydrogen) atoms. The second-order valence-electron chi connectivity index (χ2n) is 4.51. The van der Waals surface area contributed by atoms with E-state index in [9.17, 15) is 20.4 Å². The number of hydrogen-bond donors (Lipinski definition) is 4. The van der Waals surface area contributed by atoms with E-state index < -0.39 is 6.10 Å². The third kappa shape index (κ3) is 3.13. The topological polar surface area (TPSA) is 90.2 Å². The summed E-state index contributed by atoms with van der Waals surface area (Å²) in [6.45, 7) is 0. The third-order valence-electron chi connectivity index (χ3n) is 2.98. The molecule has 2 aromatic carbocycles. The average molecular weight is 276 g/mol. The summed E-state index contributed by atoms with van der Waals surface area (Å²) >= 11 is 0. The fourth-order valence-corrected chi connectivity index (χ4v) is 2.00. The van der Waals surface area contributed by atoms with Crippen molar-refractivity contribution in [2.45, 2.75) is 12.5 Å². The first-order chi connectivity index (χ1) is 9.49. The van der Waals surface area contributed by atoms with E-state index in [0.717, 1.165) is 5.56 Å². The van der Waals surface area contributed by atoms with Gasteiger partial charge in [0.15, 0.2) is 11.5 Å². The Hall–Kier alpha value is -2.40. The predicted molar refractivity (Wildman–Crippen MR) is 73.1 cm³/mol. The van der Waals surface area contributed by atoms with Gasteiger partial charge in [0.25, 0.3) is 0 Å². The molecule has 0 radical (unpaired) electrons. The van der Waals surface area contributed by atoms with Gasteiger partial charge in [-0.3, -0.25) is 0 Å². The normalized spacial score (nSPS) is 12.1. The first-order valence-electron chi connectivity index (χ1n) is 6.06. The molecule has 0 bridgehead atoms. The quantitative estimate of drug-likeness (QED) is 0.686. The van der Waals surface area contributed by atoms with Gasteiger partial charge in [0.2, 0.25) is 0 Å². The first-order valence-corrected chi connectivity index (χ1v) is 6.06. The van der Waals surface area contributed by atoms with Crippen LogP contribution in [0.1, 0.15) is 17.2 Å². The number of benzene rings is 2. The van der Waals surface area contributed by atoms with E-state index in [-0.39, 0.29) is 23.7 Å². The van der Waals surface area contributed by atoms with Crippen molar-refractivity contribution in [3.05, 3.63) is 47.5 Å². The molecule has 0 unspecified atom stereocenters. The molecule has 1 atom stereocenters. The van der Waals surface area contributed by atoms with Gasteiger partial charge >= 0.3 is 0 Å². The van der Waals surface area contributed by atoms with E-state index in [1.165, 1.54) is 31.4 Å². The lowest BCUT2D eigenvalue weighted by molar-refractivity contribution is 0.177. The average Bonchev–Trinajstić information content (AvgIpc) is 2.39. The monoisotopic (exact) mass is 276 g/mol. The second-order valence-corrected chi connectivity index (χ2v) is 4.51. The number of rotatable bonds is 4. The summed E-state index contributed by atoms with van der Waals surface area (Å²) in [7, 11) is 1.45. The predicted octanol–water partition coefficient (Wildman–Crippen LogP) is 2.09. The molecule has 0 aliphatic carbocycles. The van der Waals surface area contributed by atoms with E-state index in [2.05, 4.69) is 0 Å². The minimum absolute atomic E-state index is 0.0285. The van der Waals surface area contributed by atoms with Crippen molar-refractivity contribution in [2.24, 2.45) is 0 Å². The Bertz CT molecular complexity index is 589. The molecule has 106 valence electrons. The Morgan fingerprint density at radius 1 is 1.00 bits per heavy atom. The number of aromatic hydroxyl groups is 3. The Morgan fingerprint density at radius 3 is 2.25 bits per heavy atom. The van der Waals surface area contributed by atoms with E-state index in [4.69, 9.17) is 4.74 Å². The highest BCUT2D eigenvalue weighted by molar-refractivity contribution is 5.43. The second kappa shape index (κ2) is 5.71. The molecule has 5 nitrogen and oxygen atoms in total. The van der Waals surface area contributed by atoms with Crippen LogP contribution in [0.5, 0.6) is 23.0 Å². The van der Waals surface area contributed by atoms with Gasteiger partial charge in [0, 0.05) is 12.5 Å². The Morgan fingerprint density at radius 2 is 1.65 bits per heavy atom. The minimum atomic E-state index is -0.887. The summed E-state index contributed by atoms with van der Waals surface area (Å²) in [5.41, 5.74) is 1.17. The number of aliphatic hydroxyl groups is 1. The molecule has 0 amide bonds. The Balaban J connectivity index is 2.20. The Labute approximate surface area is 116 Å². The van der Waals surface area contributed by atoms with Crippen molar-refractivity contribution in [3.63, 3.8) is 0 Å². The minimum Gasteiger partial charge on any atom is -0.508 e. The molecule has 4 N–H and O–H groups in total. The van der Waals surface area contributed by atoms with Crippen molar-refractivity contribution in [2.75, 3.05) is 7.11 Å². The van der Waals surface area contributed by atoms with Crippen molar-refractivity contribution in [1.29, 1.82) is 0 Å². The number of phenolic OH excluding ortho intramolecular Hbond substituents is 3. The fourth-order valence-electron chi connectivity index (χ4n) is 2.00. The molecule has 0 aromatic heterocycles. The lowest BCUT2D eigenvalue weighted by Crippen LogP contribution is -2.02. The summed E-state index contributed by atoms with van der Waals surface area (Å²) < 4.78 is 5.00. The molecule has 0 aliphatic heterocycles. The third-order valence-corrected chi connectivity index (χ3v) is 2.98. The zero-order valence-electron chi connectivity index (χ0n) is 10.9. The summed E-state index contributed by atoms with van der Waals surface area (Å²) in [5.74, 6) is 0.138. The molecule has 0 saturated carbocycles. The molecule has 2 rings (SSSR count). The summed E-state index contributed by atoms with van der Waals surface area (Å²) in [4.78, 5) is 0. The molecule has 2 aromatic rings. The highest BCUT2D eigenvalue weighted by Gasteiger charge is 2.12. The van der Waals surface area contributed by atoms with Gasteiger partial charge in [0.1, 0.15) is 11.5 Å². The number of methoxy groups -OCH3 is 1. The van der Waals surface area contributed by atoms with Gasteiger partial charge in [-0.25, -0.2) is 0 Å². The molecule has 0 fully saturated rings. The van der Waals surface area contributed by atoms with Crippen molar-refractivity contribution < 1.29 is 25.2 Å². The SMILES string of the molecule is COc1cc(C[C@H](O)c2cc(O)cc(O)c2)ccc1O. The van der Waals surface area contributed by atoms with Crippen LogP contribution >= 0.6 is 0 Å². The largest absolute Gasteiger partial charge is 0.508 e. The maximum absolute atomic E-state index is 10.1. The zero-order valence-corrected chi connectivity index (χ0v) is 10.9. The van der Waals surface area contributed by atoms with Crippen LogP contribution in [0.25, 0.3) is 0 Å². The van der Waals surface area contributed by atoms with Crippen LogP contribution in [0.15, 0.2) is 36.4 Å². The van der Waals surface area contributed by atoms with Crippen LogP contribution in [-0.4, -0.2) is 27.5 Å². The molecule has 0 aliphatic rings. The maximum Gasteiger partial charge on any atom is 0.160 e. The summed E-state index contributed by atoms with van der Waals surface area (Å²) in [5, 5.41) is 38.4. The van der Waals surface area contributed by atoms with Gasteiger partial charge in [-0.2, -0.15) is 0 Å². The van der Waals surface area contributed by atoms with Crippen LogP contribution in [0.3, 0.4) is 0 Å². The molecular formula is C15H16O5. The van der Waals surface area contributed by atoms with E-state index in [1.54, 1.807) is 12.1 Å². The van der Waals surface area contributed by atoms with Crippen LogP contribution in [-0.2, 0) is 6.42 Å². The molecule has 0 heterocycles. The molecule has 0 spiro atoms. The first kappa shape index (κ1) is 14.0. The maximum atomic E-state index is 10.1. The molecule has 0 saturated heterocycles. The standard InChI is InChI=1S/C15H16O5/c1-20-15-5-9(2-3-13(15)18)4-14(19)10-6-11(16)8-12(17)7-10/h2-3,5-8,14,16-19H,4H2,1H3/t14-/m0/s1. The smallest absolute Gasteiger partial charge is 0.160 e. The van der Waals surface area contributed by atoms with E-state index in [0.29, 0.717) is 11.3 Å². The van der Waals surface area contributed by atoms with E-state index in [1.807, 2.05) is 0 Å². The fraction of sp³-hybridized carbons (Fsp3) is 0.200.